The standard InChI is InChI=1S/C21H34N6O.HI/c1-8-22-21(24-13-18-9-10-20(23-12-18)28-14(2)3)25-15(4)11-19-16(5)26-27(7)17(19)6;/h9-10,12,14-15H,8,11,13H2,1-7H3,(H2,22,24,25);1H. The molecule has 2 heterocycles. The van der Waals surface area contributed by atoms with Crippen LogP contribution >= 0.6 is 24.0 Å². The Morgan fingerprint density at radius 3 is 2.48 bits per heavy atom. The van der Waals surface area contributed by atoms with Crippen molar-refractivity contribution < 1.29 is 4.74 Å². The molecule has 7 nitrogen and oxygen atoms in total. The van der Waals surface area contributed by atoms with Crippen LogP contribution in [-0.4, -0.2) is 39.4 Å². The summed E-state index contributed by atoms with van der Waals surface area (Å²) in [5.41, 5.74) is 4.64. The molecule has 29 heavy (non-hydrogen) atoms. The van der Waals surface area contributed by atoms with Crippen LogP contribution in [0.15, 0.2) is 23.3 Å². The molecule has 2 N–H and O–H groups in total. The lowest BCUT2D eigenvalue weighted by atomic mass is 10.1. The van der Waals surface area contributed by atoms with Crippen molar-refractivity contribution in [1.29, 1.82) is 0 Å². The van der Waals surface area contributed by atoms with E-state index in [-0.39, 0.29) is 36.1 Å². The van der Waals surface area contributed by atoms with E-state index in [1.165, 1.54) is 11.3 Å². The molecule has 0 saturated carbocycles. The van der Waals surface area contributed by atoms with E-state index >= 15 is 0 Å². The summed E-state index contributed by atoms with van der Waals surface area (Å²) in [5, 5.41) is 11.3. The van der Waals surface area contributed by atoms with Crippen LogP contribution < -0.4 is 15.4 Å². The number of pyridine rings is 1. The molecular weight excluding hydrogens is 479 g/mol. The lowest BCUT2D eigenvalue weighted by Crippen LogP contribution is -2.43. The predicted octanol–water partition coefficient (Wildman–Crippen LogP) is 3.52. The number of halogens is 1. The number of ether oxygens (including phenoxy) is 1. The van der Waals surface area contributed by atoms with Crippen LogP contribution in [0.1, 0.15) is 50.2 Å². The first-order valence-corrected chi connectivity index (χ1v) is 9.95. The number of rotatable bonds is 8. The first-order chi connectivity index (χ1) is 13.3. The average molecular weight is 514 g/mol. The van der Waals surface area contributed by atoms with Crippen molar-refractivity contribution in [2.45, 2.75) is 66.7 Å². The van der Waals surface area contributed by atoms with Crippen LogP contribution in [0.25, 0.3) is 0 Å². The van der Waals surface area contributed by atoms with Gasteiger partial charge in [-0.25, -0.2) is 9.98 Å². The first-order valence-electron chi connectivity index (χ1n) is 9.95. The van der Waals surface area contributed by atoms with Gasteiger partial charge in [-0.2, -0.15) is 5.10 Å². The lowest BCUT2D eigenvalue weighted by molar-refractivity contribution is 0.232. The fourth-order valence-corrected chi connectivity index (χ4v) is 3.01. The second kappa shape index (κ2) is 12.0. The summed E-state index contributed by atoms with van der Waals surface area (Å²) in [5.74, 6) is 1.44. The minimum Gasteiger partial charge on any atom is -0.475 e. The van der Waals surface area contributed by atoms with Gasteiger partial charge in [-0.15, -0.1) is 24.0 Å². The summed E-state index contributed by atoms with van der Waals surface area (Å²) in [6.45, 7) is 13.8. The highest BCUT2D eigenvalue weighted by molar-refractivity contribution is 14.0. The number of nitrogens with zero attached hydrogens (tertiary/aromatic N) is 4. The summed E-state index contributed by atoms with van der Waals surface area (Å²) >= 11 is 0. The SMILES string of the molecule is CCNC(=NCc1ccc(OC(C)C)nc1)NC(C)Cc1c(C)nn(C)c1C.I. The van der Waals surface area contributed by atoms with Gasteiger partial charge in [0.2, 0.25) is 5.88 Å². The third-order valence-corrected chi connectivity index (χ3v) is 4.47. The van der Waals surface area contributed by atoms with Gasteiger partial charge in [0.25, 0.3) is 0 Å². The van der Waals surface area contributed by atoms with E-state index in [1.807, 2.05) is 43.9 Å². The zero-order valence-corrected chi connectivity index (χ0v) is 20.9. The Morgan fingerprint density at radius 1 is 1.24 bits per heavy atom. The molecule has 0 aliphatic rings. The Morgan fingerprint density at radius 2 is 1.97 bits per heavy atom. The van der Waals surface area contributed by atoms with E-state index in [2.05, 4.69) is 48.4 Å². The van der Waals surface area contributed by atoms with Gasteiger partial charge >= 0.3 is 0 Å². The molecule has 1 unspecified atom stereocenters. The highest BCUT2D eigenvalue weighted by Gasteiger charge is 2.14. The molecule has 8 heteroatoms. The third-order valence-electron chi connectivity index (χ3n) is 4.47. The van der Waals surface area contributed by atoms with Crippen LogP contribution in [0.3, 0.4) is 0 Å². The number of hydrogen-bond acceptors (Lipinski definition) is 4. The molecule has 2 rings (SSSR count). The summed E-state index contributed by atoms with van der Waals surface area (Å²) in [6, 6.07) is 4.13. The highest BCUT2D eigenvalue weighted by Crippen LogP contribution is 2.14. The average Bonchev–Trinajstić information content (AvgIpc) is 2.87. The Bertz CT molecular complexity index is 785. The van der Waals surface area contributed by atoms with Crippen LogP contribution in [-0.2, 0) is 20.0 Å². The fraction of sp³-hybridized carbons (Fsp3) is 0.571. The summed E-state index contributed by atoms with van der Waals surface area (Å²) < 4.78 is 7.53. The van der Waals surface area contributed by atoms with Gasteiger partial charge in [-0.05, 0) is 59.1 Å². The number of aliphatic imine (C=N–C) groups is 1. The molecule has 2 aromatic rings. The topological polar surface area (TPSA) is 76.4 Å². The van der Waals surface area contributed by atoms with Gasteiger partial charge in [0, 0.05) is 37.6 Å². The van der Waals surface area contributed by atoms with Gasteiger partial charge in [-0.3, -0.25) is 4.68 Å². The van der Waals surface area contributed by atoms with E-state index in [0.29, 0.717) is 12.4 Å². The zero-order valence-electron chi connectivity index (χ0n) is 18.6. The van der Waals surface area contributed by atoms with Crippen molar-refractivity contribution in [1.82, 2.24) is 25.4 Å². The molecule has 0 aliphatic carbocycles. The molecule has 0 spiro atoms. The third kappa shape index (κ3) is 7.83. The smallest absolute Gasteiger partial charge is 0.213 e. The second-order valence-corrected chi connectivity index (χ2v) is 7.39. The zero-order chi connectivity index (χ0) is 20.7. The molecule has 1 atom stereocenters. The molecule has 0 bridgehead atoms. The molecule has 0 fully saturated rings. The van der Waals surface area contributed by atoms with Gasteiger partial charge in [-0.1, -0.05) is 6.07 Å². The monoisotopic (exact) mass is 514 g/mol. The fourth-order valence-electron chi connectivity index (χ4n) is 3.01. The largest absolute Gasteiger partial charge is 0.475 e. The van der Waals surface area contributed by atoms with Gasteiger partial charge in [0.15, 0.2) is 5.96 Å². The highest BCUT2D eigenvalue weighted by atomic mass is 127. The number of guanidine groups is 1. The number of hydrogen-bond donors (Lipinski definition) is 2. The maximum Gasteiger partial charge on any atom is 0.213 e. The van der Waals surface area contributed by atoms with Crippen molar-refractivity contribution in [2.24, 2.45) is 12.0 Å². The Hall–Kier alpha value is -1.84. The minimum atomic E-state index is 0. The Kier molecular flexibility index (Phi) is 10.4. The van der Waals surface area contributed by atoms with Crippen LogP contribution in [0.5, 0.6) is 5.88 Å². The van der Waals surface area contributed by atoms with Crippen LogP contribution in [0, 0.1) is 13.8 Å². The van der Waals surface area contributed by atoms with Gasteiger partial charge in [0.05, 0.1) is 18.3 Å². The Labute approximate surface area is 191 Å². The maximum absolute atomic E-state index is 5.59. The van der Waals surface area contributed by atoms with Crippen molar-refractivity contribution in [3.05, 3.63) is 40.8 Å². The maximum atomic E-state index is 5.59. The molecule has 2 aromatic heterocycles. The molecule has 0 aromatic carbocycles. The van der Waals surface area contributed by atoms with E-state index in [9.17, 15) is 0 Å². The quantitative estimate of drug-likeness (QED) is 0.320. The number of aryl methyl sites for hydroxylation is 2. The van der Waals surface area contributed by atoms with E-state index in [0.717, 1.165) is 30.2 Å². The van der Waals surface area contributed by atoms with Crippen molar-refractivity contribution >= 4 is 29.9 Å². The van der Waals surface area contributed by atoms with Crippen LogP contribution in [0.4, 0.5) is 0 Å². The molecule has 0 aliphatic heterocycles. The number of aromatic nitrogens is 3. The molecular formula is C21H35IN6O. The van der Waals surface area contributed by atoms with Gasteiger partial charge in [0.1, 0.15) is 0 Å². The van der Waals surface area contributed by atoms with E-state index < -0.39 is 0 Å². The minimum absolute atomic E-state index is 0. The van der Waals surface area contributed by atoms with Crippen molar-refractivity contribution in [3.8, 4) is 5.88 Å². The van der Waals surface area contributed by atoms with Crippen molar-refractivity contribution in [2.75, 3.05) is 6.54 Å². The molecule has 0 radical (unpaired) electrons. The van der Waals surface area contributed by atoms with Crippen LogP contribution in [0.2, 0.25) is 0 Å². The predicted molar refractivity (Wildman–Crippen MR) is 129 cm³/mol. The summed E-state index contributed by atoms with van der Waals surface area (Å²) in [7, 11) is 1.99. The van der Waals surface area contributed by atoms with Crippen molar-refractivity contribution in [3.63, 3.8) is 0 Å². The second-order valence-electron chi connectivity index (χ2n) is 7.39. The van der Waals surface area contributed by atoms with Gasteiger partial charge < -0.3 is 15.4 Å². The summed E-state index contributed by atoms with van der Waals surface area (Å²) in [4.78, 5) is 9.04. The molecule has 162 valence electrons. The normalized spacial score (nSPS) is 12.5. The Balaban J connectivity index is 0.00000420. The first kappa shape index (κ1) is 25.2. The lowest BCUT2D eigenvalue weighted by Gasteiger charge is -2.18. The summed E-state index contributed by atoms with van der Waals surface area (Å²) in [6.07, 6.45) is 2.84. The molecule has 0 amide bonds. The van der Waals surface area contributed by atoms with E-state index in [1.54, 1.807) is 0 Å². The molecule has 0 saturated heterocycles. The van der Waals surface area contributed by atoms with E-state index in [4.69, 9.17) is 9.73 Å². The number of nitrogens with one attached hydrogen (secondary N) is 2.